The quantitative estimate of drug-likeness (QED) is 0.592. The maximum atomic E-state index is 4.73. The van der Waals surface area contributed by atoms with Gasteiger partial charge in [-0.1, -0.05) is 49.1 Å². The molecule has 0 amide bonds. The standard InChI is InChI=1S/C21H19N3/c1-3-4-13-22-16(2)19-11-8-12-20(24-19)18-14-21(23-15-18)17-9-6-5-7-10-17/h3-14H,1,15H2,2H3/b13-4-,22-16?. The first-order chi connectivity index (χ1) is 11.8. The molecule has 24 heavy (non-hydrogen) atoms. The molecular weight excluding hydrogens is 294 g/mol. The molecule has 0 spiro atoms. The summed E-state index contributed by atoms with van der Waals surface area (Å²) in [5, 5.41) is 0. The van der Waals surface area contributed by atoms with Crippen molar-refractivity contribution in [2.75, 3.05) is 6.54 Å². The Hall–Kier alpha value is -3.07. The highest BCUT2D eigenvalue weighted by atomic mass is 14.8. The zero-order chi connectivity index (χ0) is 16.8. The molecule has 0 saturated carbocycles. The lowest BCUT2D eigenvalue weighted by Crippen LogP contribution is -2.01. The average molecular weight is 313 g/mol. The third kappa shape index (κ3) is 3.63. The van der Waals surface area contributed by atoms with Crippen LogP contribution in [0.15, 0.2) is 89.5 Å². The average Bonchev–Trinajstić information content (AvgIpc) is 3.13. The summed E-state index contributed by atoms with van der Waals surface area (Å²) in [5.74, 6) is 0. The zero-order valence-corrected chi connectivity index (χ0v) is 13.7. The minimum Gasteiger partial charge on any atom is -0.280 e. The Morgan fingerprint density at radius 1 is 1.12 bits per heavy atom. The second kappa shape index (κ2) is 7.47. The third-order valence-corrected chi connectivity index (χ3v) is 3.74. The van der Waals surface area contributed by atoms with Gasteiger partial charge in [-0.25, -0.2) is 4.98 Å². The van der Waals surface area contributed by atoms with E-state index in [4.69, 9.17) is 4.98 Å². The molecule has 118 valence electrons. The summed E-state index contributed by atoms with van der Waals surface area (Å²) >= 11 is 0. The highest BCUT2D eigenvalue weighted by Gasteiger charge is 2.13. The van der Waals surface area contributed by atoms with Crippen molar-refractivity contribution in [1.82, 2.24) is 4.98 Å². The molecule has 0 radical (unpaired) electrons. The summed E-state index contributed by atoms with van der Waals surface area (Å²) in [7, 11) is 0. The van der Waals surface area contributed by atoms with Gasteiger partial charge in [0.25, 0.3) is 0 Å². The summed E-state index contributed by atoms with van der Waals surface area (Å²) in [4.78, 5) is 13.7. The Balaban J connectivity index is 1.84. The third-order valence-electron chi connectivity index (χ3n) is 3.74. The smallest absolute Gasteiger partial charge is 0.0848 e. The van der Waals surface area contributed by atoms with Crippen molar-refractivity contribution in [2.45, 2.75) is 6.92 Å². The van der Waals surface area contributed by atoms with Crippen LogP contribution >= 0.6 is 0 Å². The fourth-order valence-corrected chi connectivity index (χ4v) is 2.46. The Labute approximate surface area is 142 Å². The Morgan fingerprint density at radius 2 is 1.96 bits per heavy atom. The molecule has 2 aromatic rings. The number of aliphatic imine (C=N–C) groups is 2. The van der Waals surface area contributed by atoms with Crippen LogP contribution in [0.1, 0.15) is 23.9 Å². The first kappa shape index (κ1) is 15.8. The van der Waals surface area contributed by atoms with Crippen molar-refractivity contribution in [3.63, 3.8) is 0 Å². The van der Waals surface area contributed by atoms with E-state index in [9.17, 15) is 0 Å². The van der Waals surface area contributed by atoms with E-state index in [0.29, 0.717) is 6.54 Å². The summed E-state index contributed by atoms with van der Waals surface area (Å²) in [6.07, 6.45) is 7.34. The Kier molecular flexibility index (Phi) is 4.92. The van der Waals surface area contributed by atoms with Gasteiger partial charge in [-0.05, 0) is 36.8 Å². The topological polar surface area (TPSA) is 37.6 Å². The van der Waals surface area contributed by atoms with E-state index in [2.05, 4.69) is 34.8 Å². The molecule has 1 aliphatic heterocycles. The van der Waals surface area contributed by atoms with E-state index < -0.39 is 0 Å². The molecule has 3 rings (SSSR count). The number of hydrogen-bond acceptors (Lipinski definition) is 3. The molecule has 0 aliphatic carbocycles. The first-order valence-electron chi connectivity index (χ1n) is 7.88. The lowest BCUT2D eigenvalue weighted by molar-refractivity contribution is 1.19. The van der Waals surface area contributed by atoms with Gasteiger partial charge in [0.05, 0.1) is 29.4 Å². The molecule has 3 nitrogen and oxygen atoms in total. The fraction of sp³-hybridized carbons (Fsp3) is 0.0952. The molecule has 2 heterocycles. The second-order valence-corrected chi connectivity index (χ2v) is 5.44. The molecule has 1 aromatic carbocycles. The molecule has 0 atom stereocenters. The highest BCUT2D eigenvalue weighted by Crippen LogP contribution is 2.20. The molecule has 1 aromatic heterocycles. The van der Waals surface area contributed by atoms with Crippen LogP contribution in [-0.2, 0) is 0 Å². The van der Waals surface area contributed by atoms with Crippen LogP contribution in [0.2, 0.25) is 0 Å². The SMILES string of the molecule is C=C/C=C\N=C(C)c1cccc(C2=CC(c3ccccc3)=NC2)n1. The van der Waals surface area contributed by atoms with Crippen molar-refractivity contribution in [3.8, 4) is 0 Å². The molecule has 0 fully saturated rings. The highest BCUT2D eigenvalue weighted by molar-refractivity contribution is 6.14. The van der Waals surface area contributed by atoms with E-state index in [1.54, 1.807) is 18.4 Å². The molecule has 0 saturated heterocycles. The molecular formula is C21H19N3. The van der Waals surface area contributed by atoms with Gasteiger partial charge in [0.2, 0.25) is 0 Å². The van der Waals surface area contributed by atoms with E-state index in [0.717, 1.165) is 33.9 Å². The number of nitrogens with zero attached hydrogens (tertiary/aromatic N) is 3. The predicted molar refractivity (Wildman–Crippen MR) is 102 cm³/mol. The van der Waals surface area contributed by atoms with Gasteiger partial charge in [0, 0.05) is 11.8 Å². The van der Waals surface area contributed by atoms with Crippen LogP contribution in [0.25, 0.3) is 5.57 Å². The second-order valence-electron chi connectivity index (χ2n) is 5.44. The minimum atomic E-state index is 0.660. The van der Waals surface area contributed by atoms with Crippen LogP contribution in [0.5, 0.6) is 0 Å². The normalized spacial score (nSPS) is 14.6. The van der Waals surface area contributed by atoms with Crippen LogP contribution in [0.4, 0.5) is 0 Å². The number of benzene rings is 1. The van der Waals surface area contributed by atoms with Crippen molar-refractivity contribution >= 4 is 17.0 Å². The van der Waals surface area contributed by atoms with Gasteiger partial charge in [0.15, 0.2) is 0 Å². The van der Waals surface area contributed by atoms with Crippen molar-refractivity contribution in [3.05, 3.63) is 96.5 Å². The summed E-state index contributed by atoms with van der Waals surface area (Å²) in [6, 6.07) is 16.2. The number of aromatic nitrogens is 1. The van der Waals surface area contributed by atoms with E-state index in [-0.39, 0.29) is 0 Å². The van der Waals surface area contributed by atoms with Crippen LogP contribution in [-0.4, -0.2) is 23.0 Å². The van der Waals surface area contributed by atoms with Crippen LogP contribution in [0, 0.1) is 0 Å². The Bertz CT molecular complexity index is 856. The van der Waals surface area contributed by atoms with Gasteiger partial charge < -0.3 is 0 Å². The van der Waals surface area contributed by atoms with Gasteiger partial charge in [-0.15, -0.1) is 0 Å². The van der Waals surface area contributed by atoms with Gasteiger partial charge >= 0.3 is 0 Å². The van der Waals surface area contributed by atoms with E-state index in [1.807, 2.05) is 43.3 Å². The maximum absolute atomic E-state index is 4.73. The van der Waals surface area contributed by atoms with Gasteiger partial charge in [-0.3, -0.25) is 9.98 Å². The van der Waals surface area contributed by atoms with Crippen molar-refractivity contribution < 1.29 is 0 Å². The van der Waals surface area contributed by atoms with E-state index >= 15 is 0 Å². The zero-order valence-electron chi connectivity index (χ0n) is 13.7. The summed E-state index contributed by atoms with van der Waals surface area (Å²) < 4.78 is 0. The number of allylic oxidation sites excluding steroid dienone is 3. The summed E-state index contributed by atoms with van der Waals surface area (Å²) in [5.41, 5.74) is 5.97. The van der Waals surface area contributed by atoms with Crippen LogP contribution in [0.3, 0.4) is 0 Å². The van der Waals surface area contributed by atoms with E-state index in [1.165, 1.54) is 0 Å². The first-order valence-corrected chi connectivity index (χ1v) is 7.88. The van der Waals surface area contributed by atoms with Crippen molar-refractivity contribution in [2.24, 2.45) is 9.98 Å². The number of rotatable bonds is 5. The lowest BCUT2D eigenvalue weighted by Gasteiger charge is -2.04. The van der Waals surface area contributed by atoms with Gasteiger partial charge in [-0.2, -0.15) is 0 Å². The lowest BCUT2D eigenvalue weighted by atomic mass is 10.1. The predicted octanol–water partition coefficient (Wildman–Crippen LogP) is 4.48. The monoisotopic (exact) mass is 313 g/mol. The van der Waals surface area contributed by atoms with Crippen LogP contribution < -0.4 is 0 Å². The molecule has 3 heteroatoms. The molecule has 0 N–H and O–H groups in total. The van der Waals surface area contributed by atoms with Gasteiger partial charge in [0.1, 0.15) is 0 Å². The molecule has 1 aliphatic rings. The maximum Gasteiger partial charge on any atom is 0.0848 e. The molecule has 0 unspecified atom stereocenters. The number of hydrogen-bond donors (Lipinski definition) is 0. The minimum absolute atomic E-state index is 0.660. The number of pyridine rings is 1. The fourth-order valence-electron chi connectivity index (χ4n) is 2.46. The Morgan fingerprint density at radius 3 is 2.75 bits per heavy atom. The molecule has 0 bridgehead atoms. The largest absolute Gasteiger partial charge is 0.280 e. The summed E-state index contributed by atoms with van der Waals surface area (Å²) in [6.45, 7) is 6.25. The van der Waals surface area contributed by atoms with Crippen molar-refractivity contribution in [1.29, 1.82) is 0 Å².